The van der Waals surface area contributed by atoms with Crippen LogP contribution in [0.2, 0.25) is 0 Å². The van der Waals surface area contributed by atoms with E-state index in [4.69, 9.17) is 14.6 Å². The topological polar surface area (TPSA) is 55.8 Å². The fourth-order valence-corrected chi connectivity index (χ4v) is 3.01. The third kappa shape index (κ3) is 3.26. The van der Waals surface area contributed by atoms with E-state index >= 15 is 0 Å². The van der Waals surface area contributed by atoms with E-state index in [2.05, 4.69) is 29.8 Å². The zero-order chi connectivity index (χ0) is 14.7. The van der Waals surface area contributed by atoms with Crippen LogP contribution in [0.1, 0.15) is 43.7 Å². The average molecular weight is 343 g/mol. The molecule has 0 bridgehead atoms. The predicted molar refractivity (Wildman–Crippen MR) is 79.8 cm³/mol. The summed E-state index contributed by atoms with van der Waals surface area (Å²) in [6.07, 6.45) is 1.47. The number of rotatable bonds is 4. The molecule has 1 aromatic carbocycles. The molecule has 1 aliphatic rings. The van der Waals surface area contributed by atoms with Gasteiger partial charge in [0.05, 0.1) is 17.7 Å². The van der Waals surface area contributed by atoms with Crippen LogP contribution in [0.25, 0.3) is 0 Å². The lowest BCUT2D eigenvalue weighted by Crippen LogP contribution is -2.06. The molecule has 0 aliphatic carbocycles. The molecule has 4 nitrogen and oxygen atoms in total. The zero-order valence-corrected chi connectivity index (χ0v) is 13.3. The molecular weight excluding hydrogens is 324 g/mol. The first-order valence-electron chi connectivity index (χ1n) is 6.83. The predicted octanol–water partition coefficient (Wildman–Crippen LogP) is 3.75. The van der Waals surface area contributed by atoms with Crippen LogP contribution in [0, 0.1) is 0 Å². The molecule has 0 radical (unpaired) electrons. The Hall–Kier alpha value is -1.23. The number of aryl methyl sites for hydroxylation is 1. The van der Waals surface area contributed by atoms with E-state index in [1.165, 1.54) is 0 Å². The monoisotopic (exact) mass is 342 g/mol. The number of ether oxygens (including phenoxy) is 2. The number of carbonyl (C=O) groups is 1. The summed E-state index contributed by atoms with van der Waals surface area (Å²) >= 11 is 3.51. The molecule has 0 atom stereocenters. The highest BCUT2D eigenvalue weighted by Crippen LogP contribution is 2.45. The van der Waals surface area contributed by atoms with Crippen LogP contribution in [-0.2, 0) is 11.2 Å². The van der Waals surface area contributed by atoms with Crippen molar-refractivity contribution in [3.63, 3.8) is 0 Å². The summed E-state index contributed by atoms with van der Waals surface area (Å²) in [7, 11) is 0. The van der Waals surface area contributed by atoms with Crippen molar-refractivity contribution in [1.82, 2.24) is 0 Å². The molecule has 0 saturated carbocycles. The van der Waals surface area contributed by atoms with Gasteiger partial charge in [0.25, 0.3) is 0 Å². The van der Waals surface area contributed by atoms with Crippen molar-refractivity contribution in [1.29, 1.82) is 0 Å². The van der Waals surface area contributed by atoms with Gasteiger partial charge in [-0.25, -0.2) is 0 Å². The molecule has 0 aromatic heterocycles. The molecule has 0 amide bonds. The lowest BCUT2D eigenvalue weighted by atomic mass is 9.93. The van der Waals surface area contributed by atoms with Crippen LogP contribution in [-0.4, -0.2) is 24.3 Å². The quantitative estimate of drug-likeness (QED) is 0.905. The Morgan fingerprint density at radius 2 is 2.00 bits per heavy atom. The van der Waals surface area contributed by atoms with E-state index in [1.807, 2.05) is 6.07 Å². The van der Waals surface area contributed by atoms with Gasteiger partial charge < -0.3 is 14.6 Å². The summed E-state index contributed by atoms with van der Waals surface area (Å²) in [4.78, 5) is 10.8. The lowest BCUT2D eigenvalue weighted by Gasteiger charge is -2.20. The molecule has 0 fully saturated rings. The highest BCUT2D eigenvalue weighted by molar-refractivity contribution is 9.10. The highest BCUT2D eigenvalue weighted by atomic mass is 79.9. The van der Waals surface area contributed by atoms with Gasteiger partial charge in [-0.2, -0.15) is 0 Å². The van der Waals surface area contributed by atoms with Gasteiger partial charge in [-0.3, -0.25) is 4.79 Å². The van der Waals surface area contributed by atoms with E-state index in [9.17, 15) is 4.79 Å². The Balaban J connectivity index is 2.48. The third-order valence-electron chi connectivity index (χ3n) is 3.28. The largest absolute Gasteiger partial charge is 0.489 e. The first-order chi connectivity index (χ1) is 9.50. The lowest BCUT2D eigenvalue weighted by molar-refractivity contribution is -0.136. The molecule has 0 unspecified atom stereocenters. The number of benzene rings is 1. The third-order valence-corrected chi connectivity index (χ3v) is 3.87. The van der Waals surface area contributed by atoms with Crippen molar-refractivity contribution < 1.29 is 19.4 Å². The van der Waals surface area contributed by atoms with Crippen molar-refractivity contribution in [2.75, 3.05) is 13.2 Å². The average Bonchev–Trinajstić information content (AvgIpc) is 2.61. The van der Waals surface area contributed by atoms with E-state index in [0.717, 1.165) is 33.5 Å². The van der Waals surface area contributed by atoms with Crippen molar-refractivity contribution in [3.8, 4) is 11.5 Å². The summed E-state index contributed by atoms with van der Waals surface area (Å²) in [5, 5.41) is 8.89. The standard InChI is InChI=1S/C15H19BrO4/c1-9(2)13-10(4-5-12(17)18)8-11(16)14-15(13)20-7-3-6-19-14/h8-9H,3-7H2,1-2H3,(H,17,18). The Morgan fingerprint density at radius 3 is 2.60 bits per heavy atom. The number of carboxylic acids is 1. The van der Waals surface area contributed by atoms with Crippen LogP contribution in [0.3, 0.4) is 0 Å². The van der Waals surface area contributed by atoms with Crippen LogP contribution >= 0.6 is 15.9 Å². The fraction of sp³-hybridized carbons (Fsp3) is 0.533. The van der Waals surface area contributed by atoms with E-state index in [1.54, 1.807) is 0 Å². The van der Waals surface area contributed by atoms with Gasteiger partial charge in [0.1, 0.15) is 0 Å². The number of hydrogen-bond acceptors (Lipinski definition) is 3. The maximum Gasteiger partial charge on any atom is 0.303 e. The number of aliphatic carboxylic acids is 1. The van der Waals surface area contributed by atoms with Crippen molar-refractivity contribution >= 4 is 21.9 Å². The normalized spacial score (nSPS) is 14.2. The first-order valence-corrected chi connectivity index (χ1v) is 7.62. The second-order valence-corrected chi connectivity index (χ2v) is 6.04. The van der Waals surface area contributed by atoms with Crippen LogP contribution in [0.15, 0.2) is 10.5 Å². The van der Waals surface area contributed by atoms with E-state index in [-0.39, 0.29) is 12.3 Å². The Morgan fingerprint density at radius 1 is 1.35 bits per heavy atom. The van der Waals surface area contributed by atoms with Crippen molar-refractivity contribution in [2.24, 2.45) is 0 Å². The maximum atomic E-state index is 10.8. The minimum absolute atomic E-state index is 0.117. The SMILES string of the molecule is CC(C)c1c(CCC(=O)O)cc(Br)c2c1OCCCO2. The van der Waals surface area contributed by atoms with Crippen molar-refractivity contribution in [3.05, 3.63) is 21.7 Å². The maximum absolute atomic E-state index is 10.8. The minimum Gasteiger partial charge on any atom is -0.489 e. The summed E-state index contributed by atoms with van der Waals surface area (Å²) in [5.41, 5.74) is 2.07. The number of hydrogen-bond donors (Lipinski definition) is 1. The minimum atomic E-state index is -0.789. The van der Waals surface area contributed by atoms with E-state index in [0.29, 0.717) is 19.6 Å². The fourth-order valence-electron chi connectivity index (χ4n) is 2.44. The van der Waals surface area contributed by atoms with Gasteiger partial charge in [-0.15, -0.1) is 0 Å². The van der Waals surface area contributed by atoms with Crippen LogP contribution in [0.4, 0.5) is 0 Å². The molecule has 0 spiro atoms. The smallest absolute Gasteiger partial charge is 0.303 e. The Bertz CT molecular complexity index is 511. The molecule has 5 heteroatoms. The van der Waals surface area contributed by atoms with E-state index < -0.39 is 5.97 Å². The Kier molecular flexibility index (Phi) is 4.91. The second kappa shape index (κ2) is 6.48. The van der Waals surface area contributed by atoms with Gasteiger partial charge in [0.15, 0.2) is 11.5 Å². The molecule has 0 saturated heterocycles. The first kappa shape index (κ1) is 15.2. The zero-order valence-electron chi connectivity index (χ0n) is 11.7. The number of halogens is 1. The van der Waals surface area contributed by atoms with Gasteiger partial charge in [0, 0.05) is 18.4 Å². The molecule has 1 aromatic rings. The summed E-state index contributed by atoms with van der Waals surface area (Å²) in [6.45, 7) is 5.43. The van der Waals surface area contributed by atoms with Crippen molar-refractivity contribution in [2.45, 2.75) is 39.0 Å². The number of carboxylic acid groups (broad SMARTS) is 1. The van der Waals surface area contributed by atoms with Gasteiger partial charge >= 0.3 is 5.97 Å². The molecule has 2 rings (SSSR count). The highest BCUT2D eigenvalue weighted by Gasteiger charge is 2.23. The Labute approximate surface area is 127 Å². The molecule has 1 heterocycles. The summed E-state index contributed by atoms with van der Waals surface area (Å²) < 4.78 is 12.5. The van der Waals surface area contributed by atoms with Gasteiger partial charge in [0.2, 0.25) is 0 Å². The number of fused-ring (bicyclic) bond motifs is 1. The van der Waals surface area contributed by atoms with Crippen LogP contribution in [0.5, 0.6) is 11.5 Å². The molecular formula is C15H19BrO4. The molecule has 1 N–H and O–H groups in total. The second-order valence-electron chi connectivity index (χ2n) is 5.19. The summed E-state index contributed by atoms with van der Waals surface area (Å²) in [5.74, 6) is 0.975. The molecule has 20 heavy (non-hydrogen) atoms. The van der Waals surface area contributed by atoms with Gasteiger partial charge in [-0.1, -0.05) is 13.8 Å². The van der Waals surface area contributed by atoms with Gasteiger partial charge in [-0.05, 0) is 39.9 Å². The molecule has 1 aliphatic heterocycles. The van der Waals surface area contributed by atoms with Crippen LogP contribution < -0.4 is 9.47 Å². The molecule has 110 valence electrons. The summed E-state index contributed by atoms with van der Waals surface area (Å²) in [6, 6.07) is 1.96.